The molecule has 0 heterocycles. The van der Waals surface area contributed by atoms with Crippen LogP contribution in [0.25, 0.3) is 0 Å². The van der Waals surface area contributed by atoms with Crippen molar-refractivity contribution in [2.75, 3.05) is 33.0 Å². The van der Waals surface area contributed by atoms with Crippen LogP contribution in [-0.4, -0.2) is 67.8 Å². The Hall–Kier alpha value is -2.20. The molecule has 10 nitrogen and oxygen atoms in total. The lowest BCUT2D eigenvalue weighted by Crippen LogP contribution is -2.41. The quantitative estimate of drug-likeness (QED) is 0.119. The molecule has 0 saturated heterocycles. The van der Waals surface area contributed by atoms with Crippen LogP contribution in [0.5, 0.6) is 0 Å². The van der Waals surface area contributed by atoms with Crippen LogP contribution < -0.4 is 16.4 Å². The fraction of sp³-hybridized carbons (Fsp3) is 0.852. The molecule has 0 saturated carbocycles. The van der Waals surface area contributed by atoms with Crippen LogP contribution in [0, 0.1) is 0 Å². The highest BCUT2D eigenvalue weighted by Crippen LogP contribution is 2.13. The first-order valence-electron chi connectivity index (χ1n) is 14.1. The van der Waals surface area contributed by atoms with Crippen molar-refractivity contribution in [1.82, 2.24) is 10.6 Å². The summed E-state index contributed by atoms with van der Waals surface area (Å²) >= 11 is 0. The number of hydrogen-bond acceptors (Lipinski definition) is 6. The number of rotatable bonds is 27. The van der Waals surface area contributed by atoms with Gasteiger partial charge in [0.2, 0.25) is 17.7 Å². The summed E-state index contributed by atoms with van der Waals surface area (Å²) in [5.74, 6) is -2.30. The maximum absolute atomic E-state index is 12.1. The highest BCUT2D eigenvalue weighted by atomic mass is 16.5. The minimum atomic E-state index is -1.15. The van der Waals surface area contributed by atoms with Crippen LogP contribution in [-0.2, 0) is 28.7 Å². The van der Waals surface area contributed by atoms with Crippen LogP contribution in [0.1, 0.15) is 110 Å². The second-order valence-electron chi connectivity index (χ2n) is 9.47. The van der Waals surface area contributed by atoms with Gasteiger partial charge in [-0.1, -0.05) is 84.0 Å². The first kappa shape index (κ1) is 34.8. The van der Waals surface area contributed by atoms with Crippen molar-refractivity contribution in [3.63, 3.8) is 0 Å². The molecule has 37 heavy (non-hydrogen) atoms. The third kappa shape index (κ3) is 25.2. The summed E-state index contributed by atoms with van der Waals surface area (Å²) < 4.78 is 10.2. The molecular weight excluding hydrogens is 478 g/mol. The number of hydrogen-bond donors (Lipinski definition) is 4. The molecule has 3 amide bonds. The van der Waals surface area contributed by atoms with Crippen molar-refractivity contribution >= 4 is 23.7 Å². The van der Waals surface area contributed by atoms with Gasteiger partial charge in [0.1, 0.15) is 12.6 Å². The van der Waals surface area contributed by atoms with Crippen LogP contribution in [0.2, 0.25) is 0 Å². The monoisotopic (exact) mass is 529 g/mol. The lowest BCUT2D eigenvalue weighted by molar-refractivity contribution is -0.142. The van der Waals surface area contributed by atoms with E-state index in [-0.39, 0.29) is 57.6 Å². The van der Waals surface area contributed by atoms with Gasteiger partial charge in [0, 0.05) is 19.4 Å². The number of nitrogens with two attached hydrogens (primary N) is 1. The molecule has 10 heteroatoms. The summed E-state index contributed by atoms with van der Waals surface area (Å²) in [6, 6.07) is -1.08. The number of unbranched alkanes of at least 4 members (excludes halogenated alkanes) is 12. The average molecular weight is 530 g/mol. The average Bonchev–Trinajstić information content (AvgIpc) is 2.85. The van der Waals surface area contributed by atoms with Crippen LogP contribution in [0.4, 0.5) is 0 Å². The molecule has 0 aromatic heterocycles. The predicted octanol–water partition coefficient (Wildman–Crippen LogP) is 3.45. The van der Waals surface area contributed by atoms with E-state index in [1.165, 1.54) is 64.2 Å². The van der Waals surface area contributed by atoms with E-state index in [0.29, 0.717) is 6.42 Å². The number of carbonyl (C=O) groups excluding carboxylic acids is 3. The Morgan fingerprint density at radius 3 is 1.81 bits per heavy atom. The highest BCUT2D eigenvalue weighted by Gasteiger charge is 2.20. The number of primary amides is 1. The van der Waals surface area contributed by atoms with Crippen molar-refractivity contribution in [1.29, 1.82) is 0 Å². The number of ether oxygens (including phenoxy) is 2. The van der Waals surface area contributed by atoms with Crippen molar-refractivity contribution < 1.29 is 33.8 Å². The Labute approximate surface area is 222 Å². The second-order valence-corrected chi connectivity index (χ2v) is 9.47. The first-order chi connectivity index (χ1) is 17.9. The summed E-state index contributed by atoms with van der Waals surface area (Å²) in [5, 5.41) is 14.5. The van der Waals surface area contributed by atoms with Crippen molar-refractivity contribution in [2.24, 2.45) is 5.73 Å². The SMILES string of the molecule is CCCCCCCCCCCCCCCC(=O)NC(CCC(=O)NCCOCCOCC(N)=O)C(=O)O. The molecule has 1 unspecified atom stereocenters. The normalized spacial score (nSPS) is 11.7. The fourth-order valence-corrected chi connectivity index (χ4v) is 3.85. The smallest absolute Gasteiger partial charge is 0.326 e. The molecule has 0 aromatic rings. The number of carboxylic acids is 1. The van der Waals surface area contributed by atoms with Gasteiger partial charge >= 0.3 is 5.97 Å². The number of amides is 3. The Morgan fingerprint density at radius 2 is 1.27 bits per heavy atom. The molecule has 0 aromatic carbocycles. The van der Waals surface area contributed by atoms with E-state index in [4.69, 9.17) is 15.2 Å². The number of aliphatic carboxylic acids is 1. The number of nitrogens with one attached hydrogen (secondary N) is 2. The minimum absolute atomic E-state index is 0.0162. The summed E-state index contributed by atoms with van der Waals surface area (Å²) in [7, 11) is 0. The van der Waals surface area contributed by atoms with E-state index in [0.717, 1.165) is 19.3 Å². The molecule has 0 radical (unpaired) electrons. The van der Waals surface area contributed by atoms with Gasteiger partial charge in [-0.05, 0) is 12.8 Å². The first-order valence-corrected chi connectivity index (χ1v) is 14.1. The lowest BCUT2D eigenvalue weighted by Gasteiger charge is -2.14. The van der Waals surface area contributed by atoms with Gasteiger partial charge in [0.05, 0.1) is 19.8 Å². The van der Waals surface area contributed by atoms with Gasteiger partial charge in [-0.15, -0.1) is 0 Å². The summed E-state index contributed by atoms with van der Waals surface area (Å²) in [5.41, 5.74) is 4.94. The Morgan fingerprint density at radius 1 is 0.730 bits per heavy atom. The van der Waals surface area contributed by atoms with Gasteiger partial charge in [-0.25, -0.2) is 4.79 Å². The van der Waals surface area contributed by atoms with Gasteiger partial charge in [0.15, 0.2) is 0 Å². The van der Waals surface area contributed by atoms with Crippen LogP contribution in [0.15, 0.2) is 0 Å². The van der Waals surface area contributed by atoms with E-state index >= 15 is 0 Å². The minimum Gasteiger partial charge on any atom is -0.480 e. The van der Waals surface area contributed by atoms with Gasteiger partial charge < -0.3 is 30.9 Å². The second kappa shape index (κ2) is 25.4. The van der Waals surface area contributed by atoms with Crippen molar-refractivity contribution in [3.8, 4) is 0 Å². The number of carboxylic acid groups (broad SMARTS) is 1. The molecule has 0 aliphatic rings. The molecule has 0 bridgehead atoms. The van der Waals surface area contributed by atoms with Gasteiger partial charge in [-0.2, -0.15) is 0 Å². The van der Waals surface area contributed by atoms with Crippen molar-refractivity contribution in [3.05, 3.63) is 0 Å². The van der Waals surface area contributed by atoms with E-state index in [2.05, 4.69) is 17.6 Å². The molecular formula is C27H51N3O7. The van der Waals surface area contributed by atoms with E-state index in [1.807, 2.05) is 0 Å². The molecule has 0 spiro atoms. The molecule has 0 fully saturated rings. The molecule has 0 rings (SSSR count). The zero-order chi connectivity index (χ0) is 27.6. The largest absolute Gasteiger partial charge is 0.480 e. The standard InChI is InChI=1S/C27H51N3O7/c1-2-3-4-5-6-7-8-9-10-11-12-13-14-15-26(33)30-23(27(34)35)16-17-25(32)29-18-19-36-20-21-37-22-24(28)31/h23H,2-22H2,1H3,(H2,28,31)(H,29,32)(H,30,33)(H,34,35). The van der Waals surface area contributed by atoms with E-state index in [9.17, 15) is 24.3 Å². The topological polar surface area (TPSA) is 157 Å². The summed E-state index contributed by atoms with van der Waals surface area (Å²) in [6.45, 7) is 3.07. The Bertz CT molecular complexity index is 617. The van der Waals surface area contributed by atoms with Crippen LogP contribution in [0.3, 0.4) is 0 Å². The summed E-state index contributed by atoms with van der Waals surface area (Å²) in [4.78, 5) is 46.0. The molecule has 0 aliphatic carbocycles. The molecule has 0 aliphatic heterocycles. The Kier molecular flexibility index (Phi) is 23.9. The third-order valence-corrected chi connectivity index (χ3v) is 5.99. The lowest BCUT2D eigenvalue weighted by atomic mass is 10.0. The van der Waals surface area contributed by atoms with E-state index in [1.54, 1.807) is 0 Å². The molecule has 5 N–H and O–H groups in total. The van der Waals surface area contributed by atoms with E-state index < -0.39 is 17.9 Å². The van der Waals surface area contributed by atoms with Gasteiger partial charge in [-0.3, -0.25) is 14.4 Å². The number of carbonyl (C=O) groups is 4. The third-order valence-electron chi connectivity index (χ3n) is 5.99. The maximum Gasteiger partial charge on any atom is 0.326 e. The molecule has 216 valence electrons. The zero-order valence-electron chi connectivity index (χ0n) is 22.9. The maximum atomic E-state index is 12.1. The Balaban J connectivity index is 3.72. The molecule has 1 atom stereocenters. The van der Waals surface area contributed by atoms with Gasteiger partial charge in [0.25, 0.3) is 0 Å². The fourth-order valence-electron chi connectivity index (χ4n) is 3.85. The highest BCUT2D eigenvalue weighted by molar-refractivity contribution is 5.84. The van der Waals surface area contributed by atoms with Crippen LogP contribution >= 0.6 is 0 Å². The van der Waals surface area contributed by atoms with Crippen molar-refractivity contribution in [2.45, 2.75) is 116 Å². The summed E-state index contributed by atoms with van der Waals surface area (Å²) in [6.07, 6.45) is 16.2. The predicted molar refractivity (Wildman–Crippen MR) is 143 cm³/mol. The zero-order valence-corrected chi connectivity index (χ0v) is 22.9.